The highest BCUT2D eigenvalue weighted by Gasteiger charge is 2.41. The molecule has 0 atom stereocenters. The van der Waals surface area contributed by atoms with Crippen molar-refractivity contribution in [1.29, 1.82) is 0 Å². The van der Waals surface area contributed by atoms with E-state index < -0.39 is 17.4 Å². The van der Waals surface area contributed by atoms with Crippen molar-refractivity contribution in [1.82, 2.24) is 15.3 Å². The number of carboxylic acid groups (broad SMARTS) is 1. The number of hydrogen-bond acceptors (Lipinski definition) is 5. The van der Waals surface area contributed by atoms with E-state index in [4.69, 9.17) is 11.6 Å². The largest absolute Gasteiger partial charge is 0.480 e. The average Bonchev–Trinajstić information content (AvgIpc) is 2.58. The molecule has 1 amide bonds. The predicted octanol–water partition coefficient (Wildman–Crippen LogP) is 2.49. The Morgan fingerprint density at radius 1 is 1.29 bits per heavy atom. The maximum absolute atomic E-state index is 12.6. The van der Waals surface area contributed by atoms with Crippen molar-refractivity contribution in [3.05, 3.63) is 16.9 Å². The molecular formula is C16H23ClN4O3. The van der Waals surface area contributed by atoms with Gasteiger partial charge in [-0.1, -0.05) is 30.9 Å². The lowest BCUT2D eigenvalue weighted by Gasteiger charge is -2.33. The van der Waals surface area contributed by atoms with Crippen LogP contribution in [0.4, 0.5) is 5.95 Å². The number of hydrogen-bond donors (Lipinski definition) is 2. The summed E-state index contributed by atoms with van der Waals surface area (Å²) in [4.78, 5) is 34.6. The lowest BCUT2D eigenvalue weighted by Crippen LogP contribution is -2.55. The molecule has 1 aromatic rings. The number of amides is 1. The van der Waals surface area contributed by atoms with Crippen molar-refractivity contribution in [3.8, 4) is 0 Å². The number of carboxylic acids is 1. The first-order valence-corrected chi connectivity index (χ1v) is 8.64. The maximum Gasteiger partial charge on any atom is 0.329 e. The summed E-state index contributed by atoms with van der Waals surface area (Å²) in [5.74, 6) is -1.17. The van der Waals surface area contributed by atoms with E-state index in [1.807, 2.05) is 18.7 Å². The van der Waals surface area contributed by atoms with Gasteiger partial charge in [0.05, 0.1) is 11.2 Å². The van der Waals surface area contributed by atoms with Gasteiger partial charge in [0.1, 0.15) is 5.54 Å². The summed E-state index contributed by atoms with van der Waals surface area (Å²) in [7, 11) is 0. The van der Waals surface area contributed by atoms with Crippen LogP contribution in [-0.4, -0.2) is 45.6 Å². The van der Waals surface area contributed by atoms with Gasteiger partial charge in [-0.3, -0.25) is 4.79 Å². The molecule has 2 N–H and O–H groups in total. The molecule has 0 bridgehead atoms. The summed E-state index contributed by atoms with van der Waals surface area (Å²) in [5, 5.41) is 12.4. The number of aromatic nitrogens is 2. The normalized spacial score (nSPS) is 16.5. The molecule has 7 nitrogen and oxygen atoms in total. The van der Waals surface area contributed by atoms with E-state index in [2.05, 4.69) is 15.3 Å². The molecular weight excluding hydrogens is 332 g/mol. The molecule has 0 spiro atoms. The second-order valence-corrected chi connectivity index (χ2v) is 6.35. The van der Waals surface area contributed by atoms with E-state index in [-0.39, 0.29) is 10.7 Å². The Hall–Kier alpha value is -1.89. The zero-order chi connectivity index (χ0) is 17.7. The van der Waals surface area contributed by atoms with Crippen LogP contribution in [0.25, 0.3) is 0 Å². The van der Waals surface area contributed by atoms with E-state index in [1.54, 1.807) is 0 Å². The fraction of sp³-hybridized carbons (Fsp3) is 0.625. The van der Waals surface area contributed by atoms with E-state index in [9.17, 15) is 14.7 Å². The van der Waals surface area contributed by atoms with Gasteiger partial charge in [-0.2, -0.15) is 0 Å². The first-order valence-electron chi connectivity index (χ1n) is 8.27. The molecule has 0 saturated heterocycles. The number of carbonyl (C=O) groups is 2. The van der Waals surface area contributed by atoms with E-state index in [0.717, 1.165) is 19.3 Å². The predicted molar refractivity (Wildman–Crippen MR) is 91.5 cm³/mol. The molecule has 1 aliphatic carbocycles. The first kappa shape index (κ1) is 18.4. The van der Waals surface area contributed by atoms with Crippen molar-refractivity contribution in [3.63, 3.8) is 0 Å². The van der Waals surface area contributed by atoms with Crippen LogP contribution in [0, 0.1) is 0 Å². The monoisotopic (exact) mass is 354 g/mol. The third-order valence-electron chi connectivity index (χ3n) is 4.46. The summed E-state index contributed by atoms with van der Waals surface area (Å²) in [5.41, 5.74) is -1.22. The molecule has 0 radical (unpaired) electrons. The van der Waals surface area contributed by atoms with Gasteiger partial charge in [0.25, 0.3) is 5.91 Å². The second-order valence-electron chi connectivity index (χ2n) is 5.94. The minimum Gasteiger partial charge on any atom is -0.480 e. The van der Waals surface area contributed by atoms with Gasteiger partial charge in [0.15, 0.2) is 5.69 Å². The number of aliphatic carboxylic acids is 1. The van der Waals surface area contributed by atoms with Crippen LogP contribution in [0.15, 0.2) is 6.20 Å². The van der Waals surface area contributed by atoms with Crippen LogP contribution < -0.4 is 10.2 Å². The van der Waals surface area contributed by atoms with Crippen molar-refractivity contribution in [2.24, 2.45) is 0 Å². The Bertz CT molecular complexity index is 613. The van der Waals surface area contributed by atoms with E-state index in [0.29, 0.717) is 31.9 Å². The Morgan fingerprint density at radius 3 is 2.46 bits per heavy atom. The summed E-state index contributed by atoms with van der Waals surface area (Å²) >= 11 is 6.07. The summed E-state index contributed by atoms with van der Waals surface area (Å²) in [6.45, 7) is 5.31. The number of nitrogens with one attached hydrogen (secondary N) is 1. The van der Waals surface area contributed by atoms with Crippen molar-refractivity contribution in [2.75, 3.05) is 18.0 Å². The van der Waals surface area contributed by atoms with Crippen molar-refractivity contribution in [2.45, 2.75) is 51.5 Å². The number of rotatable bonds is 6. The highest BCUT2D eigenvalue weighted by molar-refractivity contribution is 6.33. The van der Waals surface area contributed by atoms with Gasteiger partial charge in [-0.25, -0.2) is 14.8 Å². The molecule has 8 heteroatoms. The molecule has 24 heavy (non-hydrogen) atoms. The summed E-state index contributed by atoms with van der Waals surface area (Å²) in [6.07, 6.45) is 4.74. The highest BCUT2D eigenvalue weighted by Crippen LogP contribution is 2.29. The molecule has 1 aliphatic rings. The number of anilines is 1. The number of carbonyl (C=O) groups excluding carboxylic acids is 1. The van der Waals surface area contributed by atoms with Crippen LogP contribution >= 0.6 is 11.6 Å². The molecule has 1 heterocycles. The van der Waals surface area contributed by atoms with Gasteiger partial charge < -0.3 is 15.3 Å². The van der Waals surface area contributed by atoms with Crippen LogP contribution in [-0.2, 0) is 4.79 Å². The summed E-state index contributed by atoms with van der Waals surface area (Å²) in [6, 6.07) is 0. The van der Waals surface area contributed by atoms with Gasteiger partial charge in [-0.05, 0) is 26.7 Å². The molecule has 132 valence electrons. The van der Waals surface area contributed by atoms with Gasteiger partial charge in [0, 0.05) is 13.1 Å². The van der Waals surface area contributed by atoms with Crippen LogP contribution in [0.3, 0.4) is 0 Å². The van der Waals surface area contributed by atoms with Crippen molar-refractivity contribution >= 4 is 29.4 Å². The lowest BCUT2D eigenvalue weighted by molar-refractivity contribution is -0.145. The Labute approximate surface area is 146 Å². The topological polar surface area (TPSA) is 95.4 Å². The highest BCUT2D eigenvalue weighted by atomic mass is 35.5. The third kappa shape index (κ3) is 3.77. The minimum atomic E-state index is -1.24. The molecule has 0 aliphatic heterocycles. The van der Waals surface area contributed by atoms with Crippen LogP contribution in [0.2, 0.25) is 5.02 Å². The van der Waals surface area contributed by atoms with Crippen LogP contribution in [0.5, 0.6) is 0 Å². The van der Waals surface area contributed by atoms with Crippen molar-refractivity contribution < 1.29 is 14.7 Å². The standard InChI is InChI=1S/C16H23ClN4O3/c1-3-21(4-2)15-18-10-11(17)12(19-15)13(22)20-16(14(23)24)8-6-5-7-9-16/h10H,3-9H2,1-2H3,(H,20,22)(H,23,24). The number of halogens is 1. The Kier molecular flexibility index (Phi) is 5.99. The molecule has 1 saturated carbocycles. The molecule has 0 unspecified atom stereocenters. The molecule has 0 aromatic carbocycles. The van der Waals surface area contributed by atoms with E-state index >= 15 is 0 Å². The zero-order valence-corrected chi connectivity index (χ0v) is 14.8. The van der Waals surface area contributed by atoms with Crippen LogP contribution in [0.1, 0.15) is 56.4 Å². The number of nitrogens with zero attached hydrogens (tertiary/aromatic N) is 3. The minimum absolute atomic E-state index is 0.0137. The molecule has 1 fully saturated rings. The molecule has 2 rings (SSSR count). The average molecular weight is 355 g/mol. The van der Waals surface area contributed by atoms with E-state index in [1.165, 1.54) is 6.20 Å². The summed E-state index contributed by atoms with van der Waals surface area (Å²) < 4.78 is 0. The quantitative estimate of drug-likeness (QED) is 0.814. The Balaban J connectivity index is 2.28. The lowest BCUT2D eigenvalue weighted by atomic mass is 9.81. The maximum atomic E-state index is 12.6. The Morgan fingerprint density at radius 2 is 1.92 bits per heavy atom. The van der Waals surface area contributed by atoms with Gasteiger partial charge in [0.2, 0.25) is 5.95 Å². The van der Waals surface area contributed by atoms with Gasteiger partial charge >= 0.3 is 5.97 Å². The second kappa shape index (κ2) is 7.79. The van der Waals surface area contributed by atoms with Gasteiger partial charge in [-0.15, -0.1) is 0 Å². The SMILES string of the molecule is CCN(CC)c1ncc(Cl)c(C(=O)NC2(C(=O)O)CCCCC2)n1. The smallest absolute Gasteiger partial charge is 0.329 e. The molecule has 1 aromatic heterocycles. The fourth-order valence-corrected chi connectivity index (χ4v) is 3.18. The first-order chi connectivity index (χ1) is 11.4. The third-order valence-corrected chi connectivity index (χ3v) is 4.74. The zero-order valence-electron chi connectivity index (χ0n) is 14.0. The fourth-order valence-electron chi connectivity index (χ4n) is 3.00.